The van der Waals surface area contributed by atoms with Crippen LogP contribution < -0.4 is 10.6 Å². The van der Waals surface area contributed by atoms with Crippen LogP contribution in [0.2, 0.25) is 0 Å². The molecule has 1 rings (SSSR count). The van der Waals surface area contributed by atoms with Crippen molar-refractivity contribution in [3.8, 4) is 0 Å². The quantitative estimate of drug-likeness (QED) is 0.281. The molecule has 1 saturated carbocycles. The van der Waals surface area contributed by atoms with Crippen molar-refractivity contribution < 1.29 is 9.84 Å². The van der Waals surface area contributed by atoms with Gasteiger partial charge in [-0.15, -0.1) is 24.0 Å². The average molecular weight is 385 g/mol. The van der Waals surface area contributed by atoms with Gasteiger partial charge in [0.05, 0.1) is 18.8 Å². The number of methoxy groups -OCH3 is 1. The zero-order valence-electron chi connectivity index (χ0n) is 12.1. The second-order valence-electron chi connectivity index (χ2n) is 4.90. The number of aliphatic imine (C=N–C) groups is 1. The van der Waals surface area contributed by atoms with Gasteiger partial charge in [-0.3, -0.25) is 4.99 Å². The maximum absolute atomic E-state index is 10.4. The smallest absolute Gasteiger partial charge is 0.191 e. The highest BCUT2D eigenvalue weighted by atomic mass is 127. The first-order chi connectivity index (χ1) is 8.70. The van der Waals surface area contributed by atoms with Crippen molar-refractivity contribution >= 4 is 29.9 Å². The maximum Gasteiger partial charge on any atom is 0.191 e. The highest BCUT2D eigenvalue weighted by Crippen LogP contribution is 2.28. The van der Waals surface area contributed by atoms with Gasteiger partial charge in [0, 0.05) is 20.2 Å². The molecule has 0 amide bonds. The Labute approximate surface area is 133 Å². The lowest BCUT2D eigenvalue weighted by atomic mass is 9.85. The van der Waals surface area contributed by atoms with Crippen molar-refractivity contribution in [2.24, 2.45) is 4.99 Å². The summed E-state index contributed by atoms with van der Waals surface area (Å²) in [6, 6.07) is 0. The van der Waals surface area contributed by atoms with Gasteiger partial charge < -0.3 is 20.5 Å². The highest BCUT2D eigenvalue weighted by molar-refractivity contribution is 14.0. The van der Waals surface area contributed by atoms with E-state index >= 15 is 0 Å². The second kappa shape index (κ2) is 10.7. The van der Waals surface area contributed by atoms with Crippen LogP contribution in [0.5, 0.6) is 0 Å². The van der Waals surface area contributed by atoms with Crippen LogP contribution in [0.15, 0.2) is 4.99 Å². The fraction of sp³-hybridized carbons (Fsp3) is 0.923. The van der Waals surface area contributed by atoms with E-state index in [1.165, 1.54) is 6.42 Å². The lowest BCUT2D eigenvalue weighted by Crippen LogP contribution is -2.41. The molecular formula is C13H28IN3O2. The van der Waals surface area contributed by atoms with E-state index in [2.05, 4.69) is 15.6 Å². The second-order valence-corrected chi connectivity index (χ2v) is 4.90. The molecule has 3 N–H and O–H groups in total. The van der Waals surface area contributed by atoms with Crippen LogP contribution in [-0.2, 0) is 4.74 Å². The number of guanidine groups is 1. The zero-order chi connectivity index (χ0) is 13.3. The lowest BCUT2D eigenvalue weighted by molar-refractivity contribution is 0.0131. The molecule has 0 aromatic rings. The topological polar surface area (TPSA) is 65.9 Å². The van der Waals surface area contributed by atoms with E-state index in [4.69, 9.17) is 4.74 Å². The number of ether oxygens (including phenoxy) is 1. The van der Waals surface area contributed by atoms with Gasteiger partial charge >= 0.3 is 0 Å². The molecular weight excluding hydrogens is 357 g/mol. The van der Waals surface area contributed by atoms with Crippen LogP contribution in [0.25, 0.3) is 0 Å². The number of nitrogens with zero attached hydrogens (tertiary/aromatic N) is 1. The molecule has 114 valence electrons. The van der Waals surface area contributed by atoms with Crippen molar-refractivity contribution in [3.63, 3.8) is 0 Å². The third kappa shape index (κ3) is 7.94. The molecule has 0 bridgehead atoms. The molecule has 19 heavy (non-hydrogen) atoms. The van der Waals surface area contributed by atoms with Crippen LogP contribution in [0.1, 0.15) is 39.0 Å². The minimum Gasteiger partial charge on any atom is -0.388 e. The molecule has 1 aliphatic carbocycles. The predicted molar refractivity (Wildman–Crippen MR) is 89.3 cm³/mol. The minimum atomic E-state index is -0.595. The van der Waals surface area contributed by atoms with Crippen molar-refractivity contribution in [3.05, 3.63) is 0 Å². The summed E-state index contributed by atoms with van der Waals surface area (Å²) in [6.07, 6.45) is 5.19. The Hall–Kier alpha value is -0.0800. The summed E-state index contributed by atoms with van der Waals surface area (Å²) in [4.78, 5) is 4.47. The Bertz CT molecular complexity index is 256. The number of halogens is 1. The molecule has 0 atom stereocenters. The SMILES string of the molecule is CCNC(=NCC1(O)CCCCC1)NCCOC.I. The molecule has 0 saturated heterocycles. The Morgan fingerprint density at radius 2 is 1.95 bits per heavy atom. The molecule has 0 heterocycles. The summed E-state index contributed by atoms with van der Waals surface area (Å²) >= 11 is 0. The summed E-state index contributed by atoms with van der Waals surface area (Å²) < 4.78 is 4.99. The molecule has 0 aliphatic heterocycles. The van der Waals surface area contributed by atoms with Gasteiger partial charge in [-0.25, -0.2) is 0 Å². The van der Waals surface area contributed by atoms with E-state index in [9.17, 15) is 5.11 Å². The number of aliphatic hydroxyl groups is 1. The third-order valence-corrected chi connectivity index (χ3v) is 3.26. The van der Waals surface area contributed by atoms with Crippen molar-refractivity contribution in [1.82, 2.24) is 10.6 Å². The summed E-state index contributed by atoms with van der Waals surface area (Å²) in [5.74, 6) is 0.758. The van der Waals surface area contributed by atoms with Gasteiger partial charge in [-0.05, 0) is 19.8 Å². The fourth-order valence-corrected chi connectivity index (χ4v) is 2.21. The van der Waals surface area contributed by atoms with Crippen LogP contribution in [-0.4, -0.2) is 50.0 Å². The van der Waals surface area contributed by atoms with Gasteiger partial charge in [-0.1, -0.05) is 19.3 Å². The van der Waals surface area contributed by atoms with E-state index in [1.54, 1.807) is 7.11 Å². The summed E-state index contributed by atoms with van der Waals surface area (Å²) in [5, 5.41) is 16.7. The monoisotopic (exact) mass is 385 g/mol. The first-order valence-corrected chi connectivity index (χ1v) is 6.94. The van der Waals surface area contributed by atoms with Crippen molar-refractivity contribution in [2.75, 3.05) is 33.4 Å². The molecule has 0 aromatic carbocycles. The highest BCUT2D eigenvalue weighted by Gasteiger charge is 2.28. The first-order valence-electron chi connectivity index (χ1n) is 6.94. The number of rotatable bonds is 6. The van der Waals surface area contributed by atoms with E-state index in [0.29, 0.717) is 13.2 Å². The normalized spacial score (nSPS) is 18.6. The third-order valence-electron chi connectivity index (χ3n) is 3.26. The predicted octanol–water partition coefficient (Wildman–Crippen LogP) is 1.50. The fourth-order valence-electron chi connectivity index (χ4n) is 2.21. The Morgan fingerprint density at radius 3 is 2.53 bits per heavy atom. The molecule has 1 aliphatic rings. The lowest BCUT2D eigenvalue weighted by Gasteiger charge is -2.30. The van der Waals surface area contributed by atoms with Crippen LogP contribution in [0, 0.1) is 0 Å². The van der Waals surface area contributed by atoms with Gasteiger partial charge in [0.25, 0.3) is 0 Å². The van der Waals surface area contributed by atoms with Crippen molar-refractivity contribution in [1.29, 1.82) is 0 Å². The molecule has 0 radical (unpaired) electrons. The standard InChI is InChI=1S/C13H27N3O2.HI/c1-3-14-12(15-9-10-18-2)16-11-13(17)7-5-4-6-8-13;/h17H,3-11H2,1-2H3,(H2,14,15,16);1H. The molecule has 6 heteroatoms. The molecule has 0 aromatic heterocycles. The van der Waals surface area contributed by atoms with E-state index in [0.717, 1.165) is 44.7 Å². The summed E-state index contributed by atoms with van der Waals surface area (Å²) in [5.41, 5.74) is -0.595. The molecule has 0 spiro atoms. The molecule has 0 unspecified atom stereocenters. The first kappa shape index (κ1) is 18.9. The molecule has 5 nitrogen and oxygen atoms in total. The number of hydrogen-bond acceptors (Lipinski definition) is 3. The van der Waals surface area contributed by atoms with Crippen LogP contribution >= 0.6 is 24.0 Å². The van der Waals surface area contributed by atoms with Crippen LogP contribution in [0.3, 0.4) is 0 Å². The zero-order valence-corrected chi connectivity index (χ0v) is 14.4. The van der Waals surface area contributed by atoms with Gasteiger partial charge in [0.2, 0.25) is 0 Å². The van der Waals surface area contributed by atoms with Crippen LogP contribution in [0.4, 0.5) is 0 Å². The van der Waals surface area contributed by atoms with Gasteiger partial charge in [0.15, 0.2) is 5.96 Å². The van der Waals surface area contributed by atoms with E-state index in [1.807, 2.05) is 6.92 Å². The number of nitrogens with one attached hydrogen (secondary N) is 2. The van der Waals surface area contributed by atoms with Gasteiger partial charge in [-0.2, -0.15) is 0 Å². The van der Waals surface area contributed by atoms with Gasteiger partial charge in [0.1, 0.15) is 0 Å². The average Bonchev–Trinajstić information content (AvgIpc) is 2.37. The summed E-state index contributed by atoms with van der Waals surface area (Å²) in [6.45, 7) is 4.70. The minimum absolute atomic E-state index is 0. The Balaban J connectivity index is 0.00000324. The Kier molecular flexibility index (Phi) is 10.6. The summed E-state index contributed by atoms with van der Waals surface area (Å²) in [7, 11) is 1.68. The van der Waals surface area contributed by atoms with E-state index < -0.39 is 5.60 Å². The largest absolute Gasteiger partial charge is 0.388 e. The molecule has 1 fully saturated rings. The van der Waals surface area contributed by atoms with Crippen molar-refractivity contribution in [2.45, 2.75) is 44.6 Å². The number of hydrogen-bond donors (Lipinski definition) is 3. The van der Waals surface area contributed by atoms with E-state index in [-0.39, 0.29) is 24.0 Å². The maximum atomic E-state index is 10.4. The Morgan fingerprint density at radius 1 is 1.26 bits per heavy atom.